The number of nitrogens with zero attached hydrogens (tertiary/aromatic N) is 2. The van der Waals surface area contributed by atoms with Crippen LogP contribution in [0.5, 0.6) is 0 Å². The molecule has 5 aromatic rings. The molecular formula is C34H29IrN2O2-. The Balaban J connectivity index is 0.000000468. The van der Waals surface area contributed by atoms with Crippen molar-refractivity contribution in [3.63, 3.8) is 0 Å². The first-order valence-corrected chi connectivity index (χ1v) is 12.4. The maximum atomic E-state index is 10.0. The largest absolute Gasteiger partial charge is 0.512 e. The summed E-state index contributed by atoms with van der Waals surface area (Å²) in [6.45, 7) is 4.82. The van der Waals surface area contributed by atoms with Crippen LogP contribution in [0.1, 0.15) is 19.5 Å². The number of aryl methyl sites for hydroxylation is 1. The Labute approximate surface area is 243 Å². The van der Waals surface area contributed by atoms with Gasteiger partial charge < -0.3 is 10.1 Å². The first-order chi connectivity index (χ1) is 18.4. The molecule has 197 valence electrons. The van der Waals surface area contributed by atoms with Crippen molar-refractivity contribution in [2.75, 3.05) is 0 Å². The van der Waals surface area contributed by atoms with Crippen LogP contribution in [-0.4, -0.2) is 20.9 Å². The monoisotopic (exact) mass is 690 g/mol. The van der Waals surface area contributed by atoms with Gasteiger partial charge in [0, 0.05) is 38.1 Å². The van der Waals surface area contributed by atoms with E-state index in [0.717, 1.165) is 33.8 Å². The van der Waals surface area contributed by atoms with Gasteiger partial charge in [-0.15, -0.1) is 29.8 Å². The topological polar surface area (TPSA) is 63.1 Å². The molecule has 0 fully saturated rings. The van der Waals surface area contributed by atoms with Crippen molar-refractivity contribution in [2.45, 2.75) is 20.8 Å². The van der Waals surface area contributed by atoms with Gasteiger partial charge in [-0.2, -0.15) is 0 Å². The van der Waals surface area contributed by atoms with E-state index in [1.54, 1.807) is 0 Å². The Bertz CT molecular complexity index is 1530. The van der Waals surface area contributed by atoms with Crippen LogP contribution < -0.4 is 0 Å². The van der Waals surface area contributed by atoms with Crippen LogP contribution in [0, 0.1) is 13.0 Å². The van der Waals surface area contributed by atoms with Crippen molar-refractivity contribution >= 4 is 5.78 Å². The smallest absolute Gasteiger partial charge is 0.155 e. The van der Waals surface area contributed by atoms with Crippen LogP contribution in [0.25, 0.3) is 44.8 Å². The van der Waals surface area contributed by atoms with Gasteiger partial charge in [0.2, 0.25) is 0 Å². The Hall–Kier alpha value is -4.18. The van der Waals surface area contributed by atoms with E-state index in [-0.39, 0.29) is 31.6 Å². The predicted molar refractivity (Wildman–Crippen MR) is 154 cm³/mol. The minimum atomic E-state index is -0.125. The van der Waals surface area contributed by atoms with Gasteiger partial charge in [-0.1, -0.05) is 96.1 Å². The van der Waals surface area contributed by atoms with Crippen molar-refractivity contribution in [3.05, 3.63) is 133 Å². The number of carbonyl (C=O) groups excluding carboxylic acids is 1. The number of aliphatic hydroxyl groups excluding tert-OH is 1. The molecule has 0 spiro atoms. The van der Waals surface area contributed by atoms with Gasteiger partial charge in [-0.05, 0) is 37.5 Å². The average molecular weight is 690 g/mol. The third-order valence-corrected chi connectivity index (χ3v) is 5.75. The van der Waals surface area contributed by atoms with Gasteiger partial charge in [0.25, 0.3) is 0 Å². The zero-order valence-corrected chi connectivity index (χ0v) is 24.4. The molecule has 0 bridgehead atoms. The fourth-order valence-corrected chi connectivity index (χ4v) is 4.00. The van der Waals surface area contributed by atoms with Crippen molar-refractivity contribution in [1.29, 1.82) is 0 Å². The molecule has 1 aromatic heterocycles. The number of allylic oxidation sites excluding steroid dienone is 2. The summed E-state index contributed by atoms with van der Waals surface area (Å²) in [6.07, 6.45) is 2.98. The SMILES string of the molecule is CC(=O)/C=C(/C)O.Cc1cnc(-c2[c-]cc(-c3ccccc3)cc2)c(-c2ccc(-c3ccccc3)cc2)n1.[Ir]. The maximum absolute atomic E-state index is 10.0. The first-order valence-electron chi connectivity index (χ1n) is 12.4. The van der Waals surface area contributed by atoms with E-state index < -0.39 is 0 Å². The molecule has 4 nitrogen and oxygen atoms in total. The second-order valence-corrected chi connectivity index (χ2v) is 8.91. The van der Waals surface area contributed by atoms with Crippen LogP contribution >= 0.6 is 0 Å². The van der Waals surface area contributed by atoms with Crippen molar-refractivity contribution < 1.29 is 30.0 Å². The van der Waals surface area contributed by atoms with E-state index in [0.29, 0.717) is 0 Å². The maximum Gasteiger partial charge on any atom is 0.155 e. The third-order valence-electron chi connectivity index (χ3n) is 5.75. The van der Waals surface area contributed by atoms with Gasteiger partial charge in [0.1, 0.15) is 0 Å². The molecule has 0 atom stereocenters. The molecule has 0 aliphatic rings. The fourth-order valence-electron chi connectivity index (χ4n) is 4.00. The van der Waals surface area contributed by atoms with Crippen LogP contribution in [0.15, 0.2) is 121 Å². The summed E-state index contributed by atoms with van der Waals surface area (Å²) in [5, 5.41) is 8.36. The van der Waals surface area contributed by atoms with E-state index in [2.05, 4.69) is 78.9 Å². The summed E-state index contributed by atoms with van der Waals surface area (Å²) in [5.41, 5.74) is 9.31. The number of carbonyl (C=O) groups is 1. The minimum Gasteiger partial charge on any atom is -0.512 e. The molecule has 1 radical (unpaired) electrons. The molecule has 0 saturated carbocycles. The summed E-state index contributed by atoms with van der Waals surface area (Å²) in [7, 11) is 0. The number of aliphatic hydroxyl groups is 1. The number of hydrogen-bond donors (Lipinski definition) is 1. The van der Waals surface area contributed by atoms with Crippen molar-refractivity contribution in [1.82, 2.24) is 9.97 Å². The van der Waals surface area contributed by atoms with Gasteiger partial charge in [0.05, 0.1) is 17.1 Å². The minimum absolute atomic E-state index is 0. The molecule has 5 heteroatoms. The van der Waals surface area contributed by atoms with Gasteiger partial charge >= 0.3 is 0 Å². The second-order valence-electron chi connectivity index (χ2n) is 8.91. The molecule has 0 saturated heterocycles. The van der Waals surface area contributed by atoms with E-state index in [4.69, 9.17) is 15.1 Å². The summed E-state index contributed by atoms with van der Waals surface area (Å²) in [6, 6.07) is 38.9. The first kappa shape index (κ1) is 29.4. The van der Waals surface area contributed by atoms with E-state index in [1.807, 2.05) is 43.5 Å². The molecule has 1 N–H and O–H groups in total. The summed E-state index contributed by atoms with van der Waals surface area (Å²) >= 11 is 0. The Kier molecular flexibility index (Phi) is 10.6. The molecule has 1 heterocycles. The number of hydrogen-bond acceptors (Lipinski definition) is 4. The van der Waals surface area contributed by atoms with Crippen molar-refractivity contribution in [2.24, 2.45) is 0 Å². The molecule has 0 amide bonds. The van der Waals surface area contributed by atoms with E-state index in [1.165, 1.54) is 36.6 Å². The zero-order chi connectivity index (χ0) is 26.9. The van der Waals surface area contributed by atoms with Gasteiger partial charge in [-0.3, -0.25) is 9.78 Å². The number of rotatable bonds is 5. The van der Waals surface area contributed by atoms with Crippen LogP contribution in [0.2, 0.25) is 0 Å². The number of ketones is 1. The molecular weight excluding hydrogens is 661 g/mol. The van der Waals surface area contributed by atoms with Crippen LogP contribution in [0.3, 0.4) is 0 Å². The van der Waals surface area contributed by atoms with Gasteiger partial charge in [0.15, 0.2) is 5.78 Å². The average Bonchev–Trinajstić information content (AvgIpc) is 2.94. The second kappa shape index (κ2) is 14.1. The number of aromatic nitrogens is 2. The fraction of sp³-hybridized carbons (Fsp3) is 0.0882. The Morgan fingerprint density at radius 2 is 1.23 bits per heavy atom. The third kappa shape index (κ3) is 8.15. The summed E-state index contributed by atoms with van der Waals surface area (Å²) < 4.78 is 0. The summed E-state index contributed by atoms with van der Waals surface area (Å²) in [5.74, 6) is -0.0625. The number of benzene rings is 4. The van der Waals surface area contributed by atoms with Crippen molar-refractivity contribution in [3.8, 4) is 44.8 Å². The Morgan fingerprint density at radius 1 is 0.718 bits per heavy atom. The molecule has 0 aliphatic carbocycles. The van der Waals surface area contributed by atoms with E-state index in [9.17, 15) is 4.79 Å². The molecule has 0 unspecified atom stereocenters. The molecule has 0 aliphatic heterocycles. The standard InChI is InChI=1S/C29H21N2.C5H8O2.Ir/c1-21-20-30-28(26-16-12-24(13-17-26)22-8-4-2-5-9-22)29(31-21)27-18-14-25(15-19-27)23-10-6-3-7-11-23;1-4(6)3-5(2)7;/h2-16,18-20H,1H3;3,6H,1-2H3;/q-1;;/b;4-3-;. The van der Waals surface area contributed by atoms with Crippen LogP contribution in [-0.2, 0) is 24.9 Å². The van der Waals surface area contributed by atoms with E-state index >= 15 is 0 Å². The molecule has 39 heavy (non-hydrogen) atoms. The predicted octanol–water partition coefficient (Wildman–Crippen LogP) is 8.29. The van der Waals surface area contributed by atoms with Gasteiger partial charge in [-0.25, -0.2) is 0 Å². The normalized spacial score (nSPS) is 10.6. The quantitative estimate of drug-likeness (QED) is 0.115. The summed E-state index contributed by atoms with van der Waals surface area (Å²) in [4.78, 5) is 19.6. The molecule has 5 rings (SSSR count). The zero-order valence-electron chi connectivity index (χ0n) is 22.1. The Morgan fingerprint density at radius 3 is 1.72 bits per heavy atom. The molecule has 4 aromatic carbocycles. The van der Waals surface area contributed by atoms with Crippen LogP contribution in [0.4, 0.5) is 0 Å².